The monoisotopic (exact) mass is 498 g/mol. The number of rotatable bonds is 9. The number of halogens is 4. The molecule has 1 fully saturated rings. The average molecular weight is 499 g/mol. The molecule has 4 rings (SSSR count). The van der Waals surface area contributed by atoms with E-state index < -0.39 is 23.3 Å². The number of benzene rings is 3. The smallest absolute Gasteiger partial charge is 0.200 e. The molecule has 0 spiro atoms. The molecule has 0 atom stereocenters. The minimum atomic E-state index is -0.918. The Morgan fingerprint density at radius 1 is 0.778 bits per heavy atom. The van der Waals surface area contributed by atoms with Crippen molar-refractivity contribution in [2.45, 2.75) is 71.1 Å². The predicted molar refractivity (Wildman–Crippen MR) is 136 cm³/mol. The molecule has 0 aliphatic heterocycles. The maximum absolute atomic E-state index is 15.0. The lowest BCUT2D eigenvalue weighted by atomic mass is 9.76. The molecular formula is C31H34F4O. The second-order valence-electron chi connectivity index (χ2n) is 10.0. The molecule has 1 nitrogen and oxygen atoms in total. The van der Waals surface area contributed by atoms with Crippen LogP contribution in [0.25, 0.3) is 11.1 Å². The van der Waals surface area contributed by atoms with Crippen molar-refractivity contribution in [3.63, 3.8) is 0 Å². The summed E-state index contributed by atoms with van der Waals surface area (Å²) >= 11 is 0. The van der Waals surface area contributed by atoms with E-state index in [0.29, 0.717) is 35.6 Å². The van der Waals surface area contributed by atoms with Gasteiger partial charge in [-0.25, -0.2) is 13.2 Å². The van der Waals surface area contributed by atoms with Crippen LogP contribution < -0.4 is 4.74 Å². The number of hydrogen-bond donors (Lipinski definition) is 0. The first kappa shape index (κ1) is 26.2. The van der Waals surface area contributed by atoms with E-state index in [1.807, 2.05) is 26.0 Å². The Morgan fingerprint density at radius 2 is 1.50 bits per heavy atom. The van der Waals surface area contributed by atoms with Crippen LogP contribution in [-0.2, 0) is 6.42 Å². The zero-order valence-corrected chi connectivity index (χ0v) is 21.1. The fraction of sp³-hybridized carbons (Fsp3) is 0.419. The molecular weight excluding hydrogens is 464 g/mol. The Kier molecular flexibility index (Phi) is 8.71. The van der Waals surface area contributed by atoms with Gasteiger partial charge in [0.2, 0.25) is 5.82 Å². The highest BCUT2D eigenvalue weighted by molar-refractivity contribution is 5.65. The molecule has 192 valence electrons. The molecule has 0 bridgehead atoms. The Hall–Kier alpha value is -2.82. The molecule has 0 saturated heterocycles. The lowest BCUT2D eigenvalue weighted by molar-refractivity contribution is 0.286. The lowest BCUT2D eigenvalue weighted by Crippen LogP contribution is -2.16. The number of aryl methyl sites for hydroxylation is 2. The van der Waals surface area contributed by atoms with Crippen LogP contribution in [0.3, 0.4) is 0 Å². The quantitative estimate of drug-likeness (QED) is 0.211. The van der Waals surface area contributed by atoms with Crippen molar-refractivity contribution in [3.05, 3.63) is 88.5 Å². The molecule has 0 aromatic heterocycles. The largest absolute Gasteiger partial charge is 0.490 e. The molecule has 0 unspecified atom stereocenters. The molecule has 1 aliphatic carbocycles. The zero-order chi connectivity index (χ0) is 25.7. The lowest BCUT2D eigenvalue weighted by Gasteiger charge is -2.29. The van der Waals surface area contributed by atoms with E-state index in [0.717, 1.165) is 50.5 Å². The first-order chi connectivity index (χ1) is 17.4. The van der Waals surface area contributed by atoms with Crippen molar-refractivity contribution in [2.24, 2.45) is 5.92 Å². The van der Waals surface area contributed by atoms with Gasteiger partial charge in [0.15, 0.2) is 23.2 Å². The van der Waals surface area contributed by atoms with Crippen LogP contribution in [0.5, 0.6) is 5.75 Å². The van der Waals surface area contributed by atoms with Crippen LogP contribution in [0.1, 0.15) is 74.5 Å². The highest BCUT2D eigenvalue weighted by Gasteiger charge is 2.27. The van der Waals surface area contributed by atoms with E-state index in [-0.39, 0.29) is 17.2 Å². The first-order valence-corrected chi connectivity index (χ1v) is 13.0. The van der Waals surface area contributed by atoms with Gasteiger partial charge in [0.25, 0.3) is 0 Å². The normalized spacial score (nSPS) is 17.8. The van der Waals surface area contributed by atoms with Gasteiger partial charge in [0.05, 0.1) is 6.61 Å². The molecule has 3 aromatic carbocycles. The van der Waals surface area contributed by atoms with Crippen molar-refractivity contribution in [2.75, 3.05) is 6.61 Å². The van der Waals surface area contributed by atoms with Crippen molar-refractivity contribution in [3.8, 4) is 16.9 Å². The van der Waals surface area contributed by atoms with Gasteiger partial charge < -0.3 is 4.74 Å². The fourth-order valence-corrected chi connectivity index (χ4v) is 5.16. The Morgan fingerprint density at radius 3 is 2.19 bits per heavy atom. The minimum Gasteiger partial charge on any atom is -0.490 e. The topological polar surface area (TPSA) is 9.23 Å². The van der Waals surface area contributed by atoms with Gasteiger partial charge in [-0.15, -0.1) is 0 Å². The van der Waals surface area contributed by atoms with Crippen LogP contribution in [0.2, 0.25) is 0 Å². The summed E-state index contributed by atoms with van der Waals surface area (Å²) < 4.78 is 64.2. The number of ether oxygens (including phenoxy) is 1. The SMILES string of the molecule is CCCCOc1ccc(CCC2CCC(c3ccc(-c4ccc(C)cc4)c(F)c3F)CC2)c(F)c1F. The highest BCUT2D eigenvalue weighted by atomic mass is 19.2. The van der Waals surface area contributed by atoms with E-state index in [9.17, 15) is 13.2 Å². The van der Waals surface area contributed by atoms with Gasteiger partial charge in [0, 0.05) is 5.56 Å². The van der Waals surface area contributed by atoms with E-state index in [1.54, 1.807) is 30.3 Å². The Labute approximate surface area is 211 Å². The van der Waals surface area contributed by atoms with Gasteiger partial charge in [0.1, 0.15) is 0 Å². The van der Waals surface area contributed by atoms with Crippen LogP contribution >= 0.6 is 0 Å². The minimum absolute atomic E-state index is 0.0310. The van der Waals surface area contributed by atoms with Crippen LogP contribution in [0.4, 0.5) is 17.6 Å². The Balaban J connectivity index is 1.34. The number of unbranched alkanes of at least 4 members (excludes halogenated alkanes) is 1. The molecule has 0 amide bonds. The van der Waals surface area contributed by atoms with E-state index in [4.69, 9.17) is 4.74 Å². The first-order valence-electron chi connectivity index (χ1n) is 13.0. The summed E-state index contributed by atoms with van der Waals surface area (Å²) in [5, 5.41) is 0. The summed E-state index contributed by atoms with van der Waals surface area (Å²) in [6, 6.07) is 13.9. The second kappa shape index (κ2) is 11.9. The molecule has 0 heterocycles. The molecule has 0 radical (unpaired) electrons. The summed E-state index contributed by atoms with van der Waals surface area (Å²) in [5.74, 6) is -3.01. The van der Waals surface area contributed by atoms with Crippen molar-refractivity contribution in [1.29, 1.82) is 0 Å². The summed E-state index contributed by atoms with van der Waals surface area (Å²) in [5.41, 5.74) is 2.80. The van der Waals surface area contributed by atoms with Gasteiger partial charge in [-0.05, 0) is 86.5 Å². The maximum atomic E-state index is 15.0. The predicted octanol–water partition coefficient (Wildman–Crippen LogP) is 9.30. The van der Waals surface area contributed by atoms with Crippen LogP contribution in [-0.4, -0.2) is 6.61 Å². The average Bonchev–Trinajstić information content (AvgIpc) is 2.89. The molecule has 3 aromatic rings. The van der Waals surface area contributed by atoms with E-state index in [2.05, 4.69) is 0 Å². The molecule has 1 saturated carbocycles. The highest BCUT2D eigenvalue weighted by Crippen LogP contribution is 2.40. The maximum Gasteiger partial charge on any atom is 0.200 e. The third-order valence-electron chi connectivity index (χ3n) is 7.47. The second-order valence-corrected chi connectivity index (χ2v) is 10.0. The Bertz CT molecular complexity index is 1160. The van der Waals surface area contributed by atoms with E-state index >= 15 is 4.39 Å². The summed E-state index contributed by atoms with van der Waals surface area (Å²) in [7, 11) is 0. The van der Waals surface area contributed by atoms with Gasteiger partial charge in [-0.2, -0.15) is 4.39 Å². The summed E-state index contributed by atoms with van der Waals surface area (Å²) in [6.45, 7) is 4.33. The van der Waals surface area contributed by atoms with Crippen LogP contribution in [0.15, 0.2) is 48.5 Å². The van der Waals surface area contributed by atoms with Crippen molar-refractivity contribution in [1.82, 2.24) is 0 Å². The van der Waals surface area contributed by atoms with E-state index in [1.165, 1.54) is 6.07 Å². The fourth-order valence-electron chi connectivity index (χ4n) is 5.16. The molecule has 5 heteroatoms. The van der Waals surface area contributed by atoms with Crippen molar-refractivity contribution >= 4 is 0 Å². The molecule has 36 heavy (non-hydrogen) atoms. The standard InChI is InChI=1S/C31H34F4O/c1-3-4-19-36-27-18-15-24(28(32)31(27)35)14-9-21-7-12-23(13-8-21)26-17-16-25(29(33)30(26)34)22-10-5-20(2)6-11-22/h5-6,10-11,15-18,21,23H,3-4,7-9,12-14,19H2,1-2H3. The van der Waals surface area contributed by atoms with Gasteiger partial charge in [-0.1, -0.05) is 61.4 Å². The van der Waals surface area contributed by atoms with Crippen molar-refractivity contribution < 1.29 is 22.3 Å². The third-order valence-corrected chi connectivity index (χ3v) is 7.47. The summed E-state index contributed by atoms with van der Waals surface area (Å²) in [6.07, 6.45) is 6.12. The van der Waals surface area contributed by atoms with Gasteiger partial charge >= 0.3 is 0 Å². The number of hydrogen-bond acceptors (Lipinski definition) is 1. The molecule has 0 N–H and O–H groups in total. The summed E-state index contributed by atoms with van der Waals surface area (Å²) in [4.78, 5) is 0. The third kappa shape index (κ3) is 5.93. The van der Waals surface area contributed by atoms with Crippen LogP contribution in [0, 0.1) is 36.1 Å². The molecule has 1 aliphatic rings. The zero-order valence-electron chi connectivity index (χ0n) is 21.1. The van der Waals surface area contributed by atoms with Gasteiger partial charge in [-0.3, -0.25) is 0 Å².